The maximum atomic E-state index is 12.1. The van der Waals surface area contributed by atoms with Crippen LogP contribution >= 0.6 is 0 Å². The fourth-order valence-electron chi connectivity index (χ4n) is 2.82. The molecule has 24 heavy (non-hydrogen) atoms. The number of benzene rings is 1. The molecule has 2 heterocycles. The molecule has 1 aromatic heterocycles. The summed E-state index contributed by atoms with van der Waals surface area (Å²) in [5, 5.41) is 32.8. The largest absolute Gasteiger partial charge is 0.394 e. The van der Waals surface area contributed by atoms with Gasteiger partial charge in [-0.25, -0.2) is 0 Å². The molecule has 1 amide bonds. The van der Waals surface area contributed by atoms with Crippen LogP contribution in [0.25, 0.3) is 10.9 Å². The van der Waals surface area contributed by atoms with Crippen LogP contribution in [0.2, 0.25) is 0 Å². The molecule has 2 aromatic rings. The molecule has 0 spiro atoms. The number of aromatic nitrogens is 1. The number of fused-ring (bicyclic) bond motifs is 1. The van der Waals surface area contributed by atoms with Crippen molar-refractivity contribution < 1.29 is 24.7 Å². The van der Waals surface area contributed by atoms with E-state index in [1.165, 1.54) is 12.1 Å². The number of rotatable bonds is 5. The number of nitrogens with one attached hydrogen (secondary N) is 2. The van der Waals surface area contributed by atoms with E-state index in [2.05, 4.69) is 10.3 Å². The summed E-state index contributed by atoms with van der Waals surface area (Å²) in [5.74, 6) is -0.335. The van der Waals surface area contributed by atoms with Crippen molar-refractivity contribution >= 4 is 22.5 Å². The number of carbonyl (C=O) groups excluding carboxylic acids is 1. The Bertz CT molecular complexity index is 774. The van der Waals surface area contributed by atoms with E-state index in [9.17, 15) is 20.0 Å². The van der Waals surface area contributed by atoms with E-state index in [4.69, 9.17) is 9.84 Å². The van der Waals surface area contributed by atoms with Gasteiger partial charge in [0.05, 0.1) is 24.1 Å². The van der Waals surface area contributed by atoms with Crippen molar-refractivity contribution in [2.75, 3.05) is 6.61 Å². The molecule has 0 unspecified atom stereocenters. The molecular formula is C15H17N3O6. The average Bonchev–Trinajstić information content (AvgIpc) is 3.10. The predicted molar refractivity (Wildman–Crippen MR) is 83.2 cm³/mol. The fourth-order valence-corrected chi connectivity index (χ4v) is 2.82. The Morgan fingerprint density at radius 3 is 2.96 bits per heavy atom. The smallest absolute Gasteiger partial charge is 0.270 e. The summed E-state index contributed by atoms with van der Waals surface area (Å²) in [6.07, 6.45) is -0.335. The lowest BCUT2D eigenvalue weighted by molar-refractivity contribution is -0.384. The lowest BCUT2D eigenvalue weighted by Gasteiger charge is -2.13. The number of hydrogen-bond acceptors (Lipinski definition) is 6. The van der Waals surface area contributed by atoms with E-state index in [1.54, 1.807) is 12.3 Å². The molecule has 4 N–H and O–H groups in total. The zero-order valence-corrected chi connectivity index (χ0v) is 12.6. The molecule has 9 heteroatoms. The lowest BCUT2D eigenvalue weighted by Crippen LogP contribution is -2.36. The predicted octanol–water partition coefficient (Wildman–Crippen LogP) is 0.203. The third-order valence-corrected chi connectivity index (χ3v) is 4.04. The van der Waals surface area contributed by atoms with E-state index < -0.39 is 23.4 Å². The van der Waals surface area contributed by atoms with Crippen LogP contribution in [0.5, 0.6) is 0 Å². The van der Waals surface area contributed by atoms with Crippen LogP contribution in [0.3, 0.4) is 0 Å². The Morgan fingerprint density at radius 1 is 1.50 bits per heavy atom. The number of amides is 1. The van der Waals surface area contributed by atoms with Crippen molar-refractivity contribution in [3.05, 3.63) is 40.1 Å². The first-order valence-electron chi connectivity index (χ1n) is 7.46. The lowest BCUT2D eigenvalue weighted by atomic mass is 10.1. The van der Waals surface area contributed by atoms with Gasteiger partial charge in [-0.05, 0) is 11.6 Å². The molecule has 3 rings (SSSR count). The minimum Gasteiger partial charge on any atom is -0.394 e. The zero-order valence-electron chi connectivity index (χ0n) is 12.6. The molecule has 0 radical (unpaired) electrons. The number of nitrogens with zero attached hydrogens (tertiary/aromatic N) is 1. The molecular weight excluding hydrogens is 318 g/mol. The molecule has 1 aliphatic rings. The number of non-ortho nitro benzene ring substituents is 1. The normalized spacial score (nSPS) is 23.5. The van der Waals surface area contributed by atoms with E-state index >= 15 is 0 Å². The summed E-state index contributed by atoms with van der Waals surface area (Å²) >= 11 is 0. The van der Waals surface area contributed by atoms with Crippen LogP contribution in [-0.2, 0) is 16.0 Å². The first-order valence-corrected chi connectivity index (χ1v) is 7.46. The van der Waals surface area contributed by atoms with Crippen molar-refractivity contribution in [1.29, 1.82) is 0 Å². The zero-order chi connectivity index (χ0) is 17.3. The highest BCUT2D eigenvalue weighted by Crippen LogP contribution is 2.24. The van der Waals surface area contributed by atoms with Gasteiger partial charge < -0.3 is 25.3 Å². The van der Waals surface area contributed by atoms with E-state index in [0.29, 0.717) is 16.5 Å². The van der Waals surface area contributed by atoms with Gasteiger partial charge in [0, 0.05) is 35.7 Å². The third kappa shape index (κ3) is 3.23. The Morgan fingerprint density at radius 2 is 2.29 bits per heavy atom. The van der Waals surface area contributed by atoms with E-state index in [0.717, 1.165) is 0 Å². The summed E-state index contributed by atoms with van der Waals surface area (Å²) in [6, 6.07) is 4.41. The summed E-state index contributed by atoms with van der Waals surface area (Å²) in [6.45, 7) is -0.320. The van der Waals surface area contributed by atoms with Gasteiger partial charge in [0.25, 0.3) is 5.69 Å². The fraction of sp³-hybridized carbons (Fsp3) is 0.400. The second-order valence-corrected chi connectivity index (χ2v) is 5.69. The average molecular weight is 335 g/mol. The highest BCUT2D eigenvalue weighted by Gasteiger charge is 2.34. The van der Waals surface area contributed by atoms with Crippen LogP contribution in [0.1, 0.15) is 12.0 Å². The number of nitro groups is 1. The van der Waals surface area contributed by atoms with Crippen molar-refractivity contribution in [2.24, 2.45) is 0 Å². The van der Waals surface area contributed by atoms with Gasteiger partial charge in [0.2, 0.25) is 5.91 Å². The van der Waals surface area contributed by atoms with E-state index in [-0.39, 0.29) is 31.0 Å². The number of carbonyl (C=O) groups is 1. The summed E-state index contributed by atoms with van der Waals surface area (Å²) in [5.41, 5.74) is 1.29. The summed E-state index contributed by atoms with van der Waals surface area (Å²) < 4.78 is 5.32. The first-order chi connectivity index (χ1) is 11.5. The van der Waals surface area contributed by atoms with Crippen molar-refractivity contribution in [3.8, 4) is 0 Å². The second-order valence-electron chi connectivity index (χ2n) is 5.69. The third-order valence-electron chi connectivity index (χ3n) is 4.04. The van der Waals surface area contributed by atoms with Gasteiger partial charge in [0.15, 0.2) is 0 Å². The van der Waals surface area contributed by atoms with Crippen LogP contribution in [0.15, 0.2) is 24.4 Å². The van der Waals surface area contributed by atoms with Gasteiger partial charge in [0.1, 0.15) is 12.3 Å². The Labute approximate surface area is 136 Å². The summed E-state index contributed by atoms with van der Waals surface area (Å²) in [4.78, 5) is 25.5. The highest BCUT2D eigenvalue weighted by atomic mass is 16.6. The minimum atomic E-state index is -0.823. The number of nitro benzene ring substituents is 1. The number of hydrogen-bond donors (Lipinski definition) is 4. The van der Waals surface area contributed by atoms with Crippen molar-refractivity contribution in [1.82, 2.24) is 10.3 Å². The molecule has 0 aliphatic carbocycles. The standard InChI is InChI=1S/C15H17N3O6/c19-7-13-12(20)5-15(24-13)17-14(21)3-8-6-16-11-2-1-9(18(22)23)4-10(8)11/h1-2,4,6,12-13,15-16,19-20H,3,5,7H2,(H,17,21)/t12-,13+,15+/m0/s1. The quantitative estimate of drug-likeness (QED) is 0.455. The minimum absolute atomic E-state index is 0.0148. The molecule has 0 saturated carbocycles. The molecule has 1 aromatic carbocycles. The maximum Gasteiger partial charge on any atom is 0.270 e. The van der Waals surface area contributed by atoms with E-state index in [1.807, 2.05) is 0 Å². The van der Waals surface area contributed by atoms with Crippen LogP contribution in [0, 0.1) is 10.1 Å². The highest BCUT2D eigenvalue weighted by molar-refractivity contribution is 5.90. The Balaban J connectivity index is 1.69. The first kappa shape index (κ1) is 16.4. The van der Waals surface area contributed by atoms with Gasteiger partial charge in [-0.3, -0.25) is 14.9 Å². The van der Waals surface area contributed by atoms with Crippen molar-refractivity contribution in [3.63, 3.8) is 0 Å². The number of aliphatic hydroxyl groups is 2. The van der Waals surface area contributed by atoms with Crippen LogP contribution < -0.4 is 5.32 Å². The molecule has 9 nitrogen and oxygen atoms in total. The Hall–Kier alpha value is -2.49. The van der Waals surface area contributed by atoms with Crippen LogP contribution in [0.4, 0.5) is 5.69 Å². The molecule has 128 valence electrons. The van der Waals surface area contributed by atoms with Gasteiger partial charge in [-0.15, -0.1) is 0 Å². The molecule has 1 aliphatic heterocycles. The molecule has 1 fully saturated rings. The molecule has 3 atom stereocenters. The van der Waals surface area contributed by atoms with Gasteiger partial charge >= 0.3 is 0 Å². The SMILES string of the molecule is O=C(Cc1c[nH]c2ccc([N+](=O)[O-])cc12)N[C@H]1C[C@H](O)[C@@H](CO)O1. The molecule has 0 bridgehead atoms. The monoisotopic (exact) mass is 335 g/mol. The number of H-pyrrole nitrogens is 1. The number of aliphatic hydroxyl groups excluding tert-OH is 2. The molecule has 1 saturated heterocycles. The topological polar surface area (TPSA) is 138 Å². The van der Waals surface area contributed by atoms with Crippen LogP contribution in [-0.4, -0.2) is 51.1 Å². The number of ether oxygens (including phenoxy) is 1. The van der Waals surface area contributed by atoms with Gasteiger partial charge in [-0.1, -0.05) is 0 Å². The Kier molecular flexibility index (Phi) is 4.47. The van der Waals surface area contributed by atoms with Gasteiger partial charge in [-0.2, -0.15) is 0 Å². The number of aromatic amines is 1. The maximum absolute atomic E-state index is 12.1. The van der Waals surface area contributed by atoms with Crippen molar-refractivity contribution in [2.45, 2.75) is 31.3 Å². The summed E-state index contributed by atoms with van der Waals surface area (Å²) in [7, 11) is 0. The second kappa shape index (κ2) is 6.56.